The van der Waals surface area contributed by atoms with Crippen LogP contribution in [0, 0.1) is 0 Å². The molecule has 0 amide bonds. The average Bonchev–Trinajstić information content (AvgIpc) is 2.39. The van der Waals surface area contributed by atoms with E-state index in [2.05, 4.69) is 4.98 Å². The number of ether oxygens (including phenoxy) is 1. The number of aliphatic hydroxyl groups excluding tert-OH is 1. The summed E-state index contributed by atoms with van der Waals surface area (Å²) >= 11 is 0. The molecule has 16 heavy (non-hydrogen) atoms. The van der Waals surface area contributed by atoms with Gasteiger partial charge in [-0.3, -0.25) is 0 Å². The van der Waals surface area contributed by atoms with Crippen LogP contribution in [0.4, 0.5) is 0 Å². The highest BCUT2D eigenvalue weighted by Gasteiger charge is 2.06. The fourth-order valence-electron chi connectivity index (χ4n) is 1.60. The van der Waals surface area contributed by atoms with Gasteiger partial charge in [-0.25, -0.2) is 4.98 Å². The van der Waals surface area contributed by atoms with Crippen molar-refractivity contribution in [3.05, 3.63) is 48.2 Å². The maximum absolute atomic E-state index is 9.32. The first-order valence-electron chi connectivity index (χ1n) is 5.04. The van der Waals surface area contributed by atoms with Crippen molar-refractivity contribution in [3.8, 4) is 17.0 Å². The first-order chi connectivity index (χ1) is 7.85. The van der Waals surface area contributed by atoms with Gasteiger partial charge >= 0.3 is 0 Å². The van der Waals surface area contributed by atoms with E-state index in [0.29, 0.717) is 5.88 Å². The minimum atomic E-state index is -0.0247. The molecule has 1 N–H and O–H groups in total. The molecule has 0 saturated carbocycles. The number of benzene rings is 1. The van der Waals surface area contributed by atoms with E-state index in [0.717, 1.165) is 16.7 Å². The molecular weight excluding hydrogens is 202 g/mol. The van der Waals surface area contributed by atoms with Gasteiger partial charge in [0.05, 0.1) is 13.7 Å². The summed E-state index contributed by atoms with van der Waals surface area (Å²) in [6.07, 6.45) is 1.72. The lowest BCUT2D eigenvalue weighted by Crippen LogP contribution is -1.94. The summed E-state index contributed by atoms with van der Waals surface area (Å²) in [5, 5.41) is 9.32. The molecule has 0 saturated heterocycles. The van der Waals surface area contributed by atoms with E-state index in [1.807, 2.05) is 30.3 Å². The molecule has 1 aromatic carbocycles. The number of rotatable bonds is 3. The molecule has 0 unspecified atom stereocenters. The van der Waals surface area contributed by atoms with Crippen molar-refractivity contribution in [2.45, 2.75) is 6.61 Å². The summed E-state index contributed by atoms with van der Waals surface area (Å²) in [4.78, 5) is 4.15. The lowest BCUT2D eigenvalue weighted by Gasteiger charge is -2.08. The fraction of sp³-hybridized carbons (Fsp3) is 0.154. The SMILES string of the molecule is COc1cc(CO)c(-c2ccccc2)cn1. The number of pyridine rings is 1. The van der Waals surface area contributed by atoms with Gasteiger partial charge in [0.2, 0.25) is 5.88 Å². The average molecular weight is 215 g/mol. The molecular formula is C13H13NO2. The standard InChI is InChI=1S/C13H13NO2/c1-16-13-7-11(9-15)12(8-14-13)10-5-3-2-4-6-10/h2-8,15H,9H2,1H3. The second-order valence-corrected chi connectivity index (χ2v) is 3.41. The van der Waals surface area contributed by atoms with Crippen LogP contribution in [0.5, 0.6) is 5.88 Å². The van der Waals surface area contributed by atoms with Crippen molar-refractivity contribution in [3.63, 3.8) is 0 Å². The summed E-state index contributed by atoms with van der Waals surface area (Å²) < 4.78 is 5.03. The largest absolute Gasteiger partial charge is 0.481 e. The van der Waals surface area contributed by atoms with Crippen LogP contribution >= 0.6 is 0 Å². The van der Waals surface area contributed by atoms with Crippen LogP contribution in [0.3, 0.4) is 0 Å². The Morgan fingerprint density at radius 1 is 1.25 bits per heavy atom. The van der Waals surface area contributed by atoms with Gasteiger partial charge < -0.3 is 9.84 Å². The van der Waals surface area contributed by atoms with Crippen LogP contribution in [0.15, 0.2) is 42.6 Å². The lowest BCUT2D eigenvalue weighted by atomic mass is 10.0. The molecule has 0 radical (unpaired) electrons. The van der Waals surface area contributed by atoms with Crippen molar-refractivity contribution >= 4 is 0 Å². The van der Waals surface area contributed by atoms with Crippen LogP contribution in [0.25, 0.3) is 11.1 Å². The Morgan fingerprint density at radius 2 is 2.00 bits per heavy atom. The van der Waals surface area contributed by atoms with Crippen LogP contribution < -0.4 is 4.74 Å². The number of hydrogen-bond donors (Lipinski definition) is 1. The number of nitrogens with zero attached hydrogens (tertiary/aromatic N) is 1. The van der Waals surface area contributed by atoms with Gasteiger partial charge in [0.25, 0.3) is 0 Å². The number of methoxy groups -OCH3 is 1. The molecule has 0 fully saturated rings. The highest BCUT2D eigenvalue weighted by atomic mass is 16.5. The number of hydrogen-bond acceptors (Lipinski definition) is 3. The van der Waals surface area contributed by atoms with Gasteiger partial charge in [0.15, 0.2) is 0 Å². The van der Waals surface area contributed by atoms with Gasteiger partial charge in [-0.05, 0) is 11.1 Å². The van der Waals surface area contributed by atoms with Crippen LogP contribution in [0.1, 0.15) is 5.56 Å². The normalized spacial score (nSPS) is 10.1. The van der Waals surface area contributed by atoms with Gasteiger partial charge in [-0.1, -0.05) is 30.3 Å². The van der Waals surface area contributed by atoms with Crippen molar-refractivity contribution in [1.29, 1.82) is 0 Å². The van der Waals surface area contributed by atoms with Crippen molar-refractivity contribution < 1.29 is 9.84 Å². The fourth-order valence-corrected chi connectivity index (χ4v) is 1.60. The van der Waals surface area contributed by atoms with E-state index >= 15 is 0 Å². The Hall–Kier alpha value is -1.87. The minimum absolute atomic E-state index is 0.0247. The molecule has 0 spiro atoms. The summed E-state index contributed by atoms with van der Waals surface area (Å²) in [6, 6.07) is 11.6. The molecule has 0 atom stereocenters. The Labute approximate surface area is 94.3 Å². The van der Waals surface area contributed by atoms with Gasteiger partial charge in [-0.15, -0.1) is 0 Å². The monoisotopic (exact) mass is 215 g/mol. The summed E-state index contributed by atoms with van der Waals surface area (Å²) in [5.74, 6) is 0.517. The Morgan fingerprint density at radius 3 is 2.62 bits per heavy atom. The van der Waals surface area contributed by atoms with Crippen LogP contribution in [-0.2, 0) is 6.61 Å². The second-order valence-electron chi connectivity index (χ2n) is 3.41. The highest BCUT2D eigenvalue weighted by Crippen LogP contribution is 2.25. The van der Waals surface area contributed by atoms with E-state index in [1.165, 1.54) is 0 Å². The molecule has 0 aliphatic heterocycles. The second kappa shape index (κ2) is 4.77. The van der Waals surface area contributed by atoms with E-state index in [-0.39, 0.29) is 6.61 Å². The van der Waals surface area contributed by atoms with Crippen molar-refractivity contribution in [2.24, 2.45) is 0 Å². The van der Waals surface area contributed by atoms with E-state index in [1.54, 1.807) is 19.4 Å². The van der Waals surface area contributed by atoms with Crippen molar-refractivity contribution in [2.75, 3.05) is 7.11 Å². The van der Waals surface area contributed by atoms with E-state index < -0.39 is 0 Å². The molecule has 3 heteroatoms. The zero-order chi connectivity index (χ0) is 11.4. The van der Waals surface area contributed by atoms with E-state index in [9.17, 15) is 5.11 Å². The summed E-state index contributed by atoms with van der Waals surface area (Å²) in [7, 11) is 1.56. The van der Waals surface area contributed by atoms with Gasteiger partial charge in [-0.2, -0.15) is 0 Å². The maximum Gasteiger partial charge on any atom is 0.213 e. The molecule has 82 valence electrons. The molecule has 1 heterocycles. The summed E-state index contributed by atoms with van der Waals surface area (Å²) in [6.45, 7) is -0.0247. The zero-order valence-corrected chi connectivity index (χ0v) is 9.05. The van der Waals surface area contributed by atoms with Gasteiger partial charge in [0.1, 0.15) is 0 Å². The van der Waals surface area contributed by atoms with Crippen molar-refractivity contribution in [1.82, 2.24) is 4.98 Å². The maximum atomic E-state index is 9.32. The Bertz CT molecular complexity index is 469. The molecule has 0 aliphatic rings. The lowest BCUT2D eigenvalue weighted by molar-refractivity contribution is 0.281. The molecule has 0 aliphatic carbocycles. The molecule has 0 bridgehead atoms. The third kappa shape index (κ3) is 2.04. The number of aliphatic hydroxyl groups is 1. The molecule has 3 nitrogen and oxygen atoms in total. The van der Waals surface area contributed by atoms with Crippen LogP contribution in [0.2, 0.25) is 0 Å². The predicted molar refractivity (Wildman–Crippen MR) is 62.1 cm³/mol. The predicted octanol–water partition coefficient (Wildman–Crippen LogP) is 2.25. The molecule has 1 aromatic heterocycles. The third-order valence-corrected chi connectivity index (χ3v) is 2.43. The number of aromatic nitrogens is 1. The quantitative estimate of drug-likeness (QED) is 0.853. The highest BCUT2D eigenvalue weighted by molar-refractivity contribution is 5.66. The smallest absolute Gasteiger partial charge is 0.213 e. The minimum Gasteiger partial charge on any atom is -0.481 e. The summed E-state index contributed by atoms with van der Waals surface area (Å²) in [5.41, 5.74) is 2.80. The Balaban J connectivity index is 2.49. The third-order valence-electron chi connectivity index (χ3n) is 2.43. The van der Waals surface area contributed by atoms with Gasteiger partial charge in [0, 0.05) is 17.8 Å². The molecule has 2 aromatic rings. The Kier molecular flexibility index (Phi) is 3.17. The first-order valence-corrected chi connectivity index (χ1v) is 5.04. The topological polar surface area (TPSA) is 42.4 Å². The van der Waals surface area contributed by atoms with Crippen LogP contribution in [-0.4, -0.2) is 17.2 Å². The van der Waals surface area contributed by atoms with E-state index in [4.69, 9.17) is 4.74 Å². The zero-order valence-electron chi connectivity index (χ0n) is 9.05. The molecule has 2 rings (SSSR count). The first kappa shape index (κ1) is 10.6.